The van der Waals surface area contributed by atoms with E-state index in [0.717, 1.165) is 43.9 Å². The zero-order valence-electron chi connectivity index (χ0n) is 17.8. The first-order valence-electron chi connectivity index (χ1n) is 11.0. The van der Waals surface area contributed by atoms with E-state index in [-0.39, 0.29) is 6.10 Å². The molecule has 10 nitrogen and oxygen atoms in total. The fourth-order valence-corrected chi connectivity index (χ4v) is 4.87. The van der Waals surface area contributed by atoms with Gasteiger partial charge in [0.2, 0.25) is 11.9 Å². The smallest absolute Gasteiger partial charge is 0.246 e. The van der Waals surface area contributed by atoms with Gasteiger partial charge in [0.05, 0.1) is 25.5 Å². The minimum Gasteiger partial charge on any atom is -0.373 e. The van der Waals surface area contributed by atoms with E-state index >= 15 is 0 Å². The summed E-state index contributed by atoms with van der Waals surface area (Å²) in [4.78, 5) is 9.12. The molecule has 2 aromatic heterocycles. The number of piperidine rings is 1. The molecule has 2 fully saturated rings. The topological polar surface area (TPSA) is 114 Å². The molecule has 32 heavy (non-hydrogen) atoms. The predicted octanol–water partition coefficient (Wildman–Crippen LogP) is 1.61. The van der Waals surface area contributed by atoms with E-state index in [0.29, 0.717) is 37.1 Å². The molecule has 3 aromatic rings. The number of nitrogens with zero attached hydrogens (tertiary/aromatic N) is 7. The third-order valence-corrected chi connectivity index (χ3v) is 6.61. The molecule has 5 rings (SSSR count). The molecule has 2 unspecified atom stereocenters. The van der Waals surface area contributed by atoms with Crippen molar-refractivity contribution < 1.29 is 4.74 Å². The van der Waals surface area contributed by atoms with Gasteiger partial charge in [-0.2, -0.15) is 4.98 Å². The molecule has 170 valence electrons. The number of hydrogen-bond acceptors (Lipinski definition) is 8. The lowest BCUT2D eigenvalue weighted by Gasteiger charge is -2.46. The monoisotopic (exact) mass is 457 g/mol. The number of aromatic nitrogens is 6. The number of benzene rings is 1. The molecule has 2 aliphatic rings. The normalized spacial score (nSPS) is 23.0. The Balaban J connectivity index is 1.27. The summed E-state index contributed by atoms with van der Waals surface area (Å²) in [5.74, 6) is 1.04. The van der Waals surface area contributed by atoms with Crippen molar-refractivity contribution in [3.8, 4) is 0 Å². The Morgan fingerprint density at radius 3 is 2.69 bits per heavy atom. The third-order valence-electron chi connectivity index (χ3n) is 6.36. The number of halogens is 1. The van der Waals surface area contributed by atoms with Crippen molar-refractivity contribution in [3.63, 3.8) is 0 Å². The zero-order valence-corrected chi connectivity index (χ0v) is 18.6. The Bertz CT molecular complexity index is 985. The van der Waals surface area contributed by atoms with Crippen molar-refractivity contribution in [2.75, 3.05) is 36.9 Å². The molecular weight excluding hydrogens is 430 g/mol. The van der Waals surface area contributed by atoms with Gasteiger partial charge in [-0.05, 0) is 37.0 Å². The molecule has 1 aromatic carbocycles. The van der Waals surface area contributed by atoms with Gasteiger partial charge < -0.3 is 15.4 Å². The number of H-pyrrole nitrogens is 1. The second kappa shape index (κ2) is 9.43. The van der Waals surface area contributed by atoms with Crippen LogP contribution in [0.4, 0.5) is 11.9 Å². The maximum atomic E-state index is 6.27. The van der Waals surface area contributed by atoms with E-state index in [1.807, 2.05) is 23.0 Å². The van der Waals surface area contributed by atoms with Gasteiger partial charge in [-0.15, -0.1) is 10.2 Å². The van der Waals surface area contributed by atoms with Crippen molar-refractivity contribution in [1.82, 2.24) is 35.1 Å². The lowest BCUT2D eigenvalue weighted by molar-refractivity contribution is -0.0884. The van der Waals surface area contributed by atoms with Gasteiger partial charge in [-0.3, -0.25) is 4.90 Å². The number of aromatic amines is 1. The van der Waals surface area contributed by atoms with Gasteiger partial charge in [-0.25, -0.2) is 9.78 Å². The minimum absolute atomic E-state index is 0.0870. The number of anilines is 2. The van der Waals surface area contributed by atoms with Crippen LogP contribution < -0.4 is 10.6 Å². The van der Waals surface area contributed by atoms with Crippen LogP contribution >= 0.6 is 11.6 Å². The number of nitrogens with two attached hydrogens (primary N) is 1. The average molecular weight is 458 g/mol. The number of morpholine rings is 1. The van der Waals surface area contributed by atoms with Crippen LogP contribution in [0.2, 0.25) is 5.02 Å². The molecule has 11 heteroatoms. The summed E-state index contributed by atoms with van der Waals surface area (Å²) < 4.78 is 8.12. The van der Waals surface area contributed by atoms with E-state index in [2.05, 4.69) is 47.4 Å². The van der Waals surface area contributed by atoms with Crippen molar-refractivity contribution in [1.29, 1.82) is 0 Å². The van der Waals surface area contributed by atoms with E-state index in [9.17, 15) is 0 Å². The van der Waals surface area contributed by atoms with Gasteiger partial charge in [0.1, 0.15) is 0 Å². The van der Waals surface area contributed by atoms with Gasteiger partial charge in [0, 0.05) is 42.9 Å². The van der Waals surface area contributed by atoms with Crippen LogP contribution in [0.5, 0.6) is 0 Å². The van der Waals surface area contributed by atoms with Crippen LogP contribution in [-0.4, -0.2) is 79.5 Å². The highest BCUT2D eigenvalue weighted by molar-refractivity contribution is 6.30. The van der Waals surface area contributed by atoms with Crippen LogP contribution in [0, 0.1) is 0 Å². The number of rotatable bonds is 6. The van der Waals surface area contributed by atoms with E-state index < -0.39 is 0 Å². The number of nitrogen functional groups attached to an aromatic ring is 1. The highest BCUT2D eigenvalue weighted by Crippen LogP contribution is 2.27. The van der Waals surface area contributed by atoms with Gasteiger partial charge >= 0.3 is 0 Å². The molecule has 0 amide bonds. The van der Waals surface area contributed by atoms with Gasteiger partial charge in [0.25, 0.3) is 0 Å². The summed E-state index contributed by atoms with van der Waals surface area (Å²) in [6.07, 6.45) is 6.70. The minimum atomic E-state index is 0.0870. The summed E-state index contributed by atoms with van der Waals surface area (Å²) in [5, 5.41) is 15.7. The Labute approximate surface area is 191 Å². The first-order chi connectivity index (χ1) is 15.6. The van der Waals surface area contributed by atoms with Crippen LogP contribution in [-0.2, 0) is 17.7 Å². The molecule has 2 atom stereocenters. The number of hydrogen-bond donors (Lipinski definition) is 2. The fraction of sp³-hybridized carbons (Fsp3) is 0.524. The Morgan fingerprint density at radius 1 is 1.19 bits per heavy atom. The molecule has 4 heterocycles. The van der Waals surface area contributed by atoms with Crippen molar-refractivity contribution in [3.05, 3.63) is 47.2 Å². The third kappa shape index (κ3) is 4.87. The lowest BCUT2D eigenvalue weighted by atomic mass is 9.96. The largest absolute Gasteiger partial charge is 0.373 e. The fourth-order valence-electron chi connectivity index (χ4n) is 4.75. The summed E-state index contributed by atoms with van der Waals surface area (Å²) >= 11 is 6.08. The van der Waals surface area contributed by atoms with Gasteiger partial charge in [-0.1, -0.05) is 28.9 Å². The molecule has 0 radical (unpaired) electrons. The standard InChI is InChI=1S/C21H28ClN9O/c22-16-3-1-15(2-4-16)11-18-14-32-19(12-30-10-7-24-28-30)13-31(18)17-5-8-29(9-6-17)21-25-20(23)26-27-21/h1-4,7,10,17-19H,5-6,8-9,11-14H2,(H3,23,25,26,27). The second-order valence-corrected chi connectivity index (χ2v) is 8.94. The zero-order chi connectivity index (χ0) is 21.9. The molecule has 2 aliphatic heterocycles. The lowest BCUT2D eigenvalue weighted by Crippen LogP contribution is -2.57. The summed E-state index contributed by atoms with van der Waals surface area (Å²) in [6.45, 7) is 4.08. The Hall–Kier alpha value is -2.69. The molecule has 0 spiro atoms. The average Bonchev–Trinajstić information content (AvgIpc) is 3.48. The summed E-state index contributed by atoms with van der Waals surface area (Å²) in [5.41, 5.74) is 6.98. The molecule has 0 bridgehead atoms. The molecule has 2 saturated heterocycles. The summed E-state index contributed by atoms with van der Waals surface area (Å²) in [6, 6.07) is 8.93. The van der Waals surface area contributed by atoms with Crippen LogP contribution in [0.25, 0.3) is 0 Å². The Kier molecular flexibility index (Phi) is 6.24. The van der Waals surface area contributed by atoms with Crippen LogP contribution in [0.15, 0.2) is 36.7 Å². The predicted molar refractivity (Wildman–Crippen MR) is 121 cm³/mol. The maximum absolute atomic E-state index is 6.27. The Morgan fingerprint density at radius 2 is 2.00 bits per heavy atom. The van der Waals surface area contributed by atoms with Crippen molar-refractivity contribution >= 4 is 23.5 Å². The van der Waals surface area contributed by atoms with Crippen LogP contribution in [0.3, 0.4) is 0 Å². The van der Waals surface area contributed by atoms with Gasteiger partial charge in [0.15, 0.2) is 0 Å². The van der Waals surface area contributed by atoms with Crippen molar-refractivity contribution in [2.45, 2.75) is 44.0 Å². The highest BCUT2D eigenvalue weighted by Gasteiger charge is 2.36. The van der Waals surface area contributed by atoms with E-state index in [1.54, 1.807) is 6.20 Å². The van der Waals surface area contributed by atoms with Crippen LogP contribution in [0.1, 0.15) is 18.4 Å². The first kappa shape index (κ1) is 21.2. The molecule has 0 aliphatic carbocycles. The SMILES string of the molecule is Nc1nc(N2CCC(N3CC(Cn4ccnn4)OCC3Cc3ccc(Cl)cc3)CC2)n[nH]1. The molecule has 0 saturated carbocycles. The van der Waals surface area contributed by atoms with Crippen molar-refractivity contribution in [2.24, 2.45) is 0 Å². The molecule has 3 N–H and O–H groups in total. The number of nitrogens with one attached hydrogen (secondary N) is 1. The molecular formula is C21H28ClN9O. The van der Waals surface area contributed by atoms with E-state index in [1.165, 1.54) is 5.56 Å². The quantitative estimate of drug-likeness (QED) is 0.573. The maximum Gasteiger partial charge on any atom is 0.246 e. The summed E-state index contributed by atoms with van der Waals surface area (Å²) in [7, 11) is 0. The number of ether oxygens (including phenoxy) is 1. The van der Waals surface area contributed by atoms with E-state index in [4.69, 9.17) is 22.1 Å². The highest BCUT2D eigenvalue weighted by atomic mass is 35.5. The second-order valence-electron chi connectivity index (χ2n) is 8.50. The first-order valence-corrected chi connectivity index (χ1v) is 11.4.